The van der Waals surface area contributed by atoms with E-state index in [-0.39, 0.29) is 11.4 Å². The molecule has 0 aromatic heterocycles. The van der Waals surface area contributed by atoms with Crippen molar-refractivity contribution in [1.29, 1.82) is 0 Å². The van der Waals surface area contributed by atoms with E-state index >= 15 is 0 Å². The molecule has 0 saturated heterocycles. The highest BCUT2D eigenvalue weighted by Gasteiger charge is 2.28. The molecule has 5 nitrogen and oxygen atoms in total. The van der Waals surface area contributed by atoms with E-state index in [1.165, 1.54) is 12.1 Å². The number of nitrogens with zero attached hydrogens (tertiary/aromatic N) is 1. The molecule has 0 aliphatic heterocycles. The minimum absolute atomic E-state index is 0.116. The van der Waals surface area contributed by atoms with Crippen LogP contribution in [0, 0.1) is 0 Å². The summed E-state index contributed by atoms with van der Waals surface area (Å²) in [5.41, 5.74) is 2.20. The maximum atomic E-state index is 13.5. The van der Waals surface area contributed by atoms with Crippen molar-refractivity contribution >= 4 is 37.5 Å². The van der Waals surface area contributed by atoms with Crippen molar-refractivity contribution in [3.05, 3.63) is 131 Å². The first kappa shape index (κ1) is 23.7. The lowest BCUT2D eigenvalue weighted by Crippen LogP contribution is -2.42. The lowest BCUT2D eigenvalue weighted by molar-refractivity contribution is -0.120. The Labute approximate surface area is 208 Å². The van der Waals surface area contributed by atoms with Crippen molar-refractivity contribution in [3.63, 3.8) is 0 Å². The number of sulfonamides is 1. The Morgan fingerprint density at radius 1 is 0.765 bits per heavy atom. The smallest absolute Gasteiger partial charge is 0.264 e. The van der Waals surface area contributed by atoms with Gasteiger partial charge in [0.25, 0.3) is 10.0 Å². The van der Waals surface area contributed by atoms with Crippen LogP contribution < -0.4 is 9.62 Å². The summed E-state index contributed by atoms with van der Waals surface area (Å²) in [6.45, 7) is -0.371. The monoisotopic (exact) mass is 534 g/mol. The Bertz CT molecular complexity index is 1310. The molecule has 7 heteroatoms. The zero-order valence-corrected chi connectivity index (χ0v) is 20.6. The predicted molar refractivity (Wildman–Crippen MR) is 138 cm³/mol. The number of benzene rings is 4. The van der Waals surface area contributed by atoms with Crippen LogP contribution in [-0.4, -0.2) is 20.9 Å². The lowest BCUT2D eigenvalue weighted by Gasteiger charge is -2.26. The number of amides is 1. The summed E-state index contributed by atoms with van der Waals surface area (Å²) < 4.78 is 28.9. The second kappa shape index (κ2) is 10.7. The van der Waals surface area contributed by atoms with Gasteiger partial charge in [0.15, 0.2) is 0 Å². The fraction of sp³-hybridized carbons (Fsp3) is 0.0741. The van der Waals surface area contributed by atoms with Gasteiger partial charge in [0.1, 0.15) is 6.54 Å². The summed E-state index contributed by atoms with van der Waals surface area (Å²) in [6, 6.07) is 33.8. The van der Waals surface area contributed by atoms with E-state index in [1.54, 1.807) is 42.5 Å². The van der Waals surface area contributed by atoms with Gasteiger partial charge in [-0.2, -0.15) is 0 Å². The third kappa shape index (κ3) is 5.55. The topological polar surface area (TPSA) is 66.5 Å². The molecule has 0 aliphatic rings. The van der Waals surface area contributed by atoms with Gasteiger partial charge in [0.05, 0.1) is 16.6 Å². The largest absolute Gasteiger partial charge is 0.344 e. The maximum absolute atomic E-state index is 13.5. The molecule has 34 heavy (non-hydrogen) atoms. The molecule has 4 aromatic rings. The van der Waals surface area contributed by atoms with Crippen molar-refractivity contribution in [2.45, 2.75) is 10.9 Å². The maximum Gasteiger partial charge on any atom is 0.264 e. The highest BCUT2D eigenvalue weighted by Crippen LogP contribution is 2.27. The Balaban J connectivity index is 1.67. The molecule has 0 heterocycles. The quantitative estimate of drug-likeness (QED) is 0.322. The van der Waals surface area contributed by atoms with E-state index in [9.17, 15) is 13.2 Å². The lowest BCUT2D eigenvalue weighted by atomic mass is 9.99. The summed E-state index contributed by atoms with van der Waals surface area (Å²) in [7, 11) is -3.98. The van der Waals surface area contributed by atoms with Gasteiger partial charge in [-0.25, -0.2) is 8.42 Å². The van der Waals surface area contributed by atoms with Crippen LogP contribution in [0.25, 0.3) is 0 Å². The molecule has 0 unspecified atom stereocenters. The third-order valence-electron chi connectivity index (χ3n) is 5.29. The van der Waals surface area contributed by atoms with Crippen molar-refractivity contribution in [2.75, 3.05) is 10.8 Å². The van der Waals surface area contributed by atoms with Crippen molar-refractivity contribution in [2.24, 2.45) is 0 Å². The van der Waals surface area contributed by atoms with Crippen molar-refractivity contribution in [3.8, 4) is 0 Å². The number of hydrogen-bond acceptors (Lipinski definition) is 3. The number of rotatable bonds is 8. The molecule has 0 atom stereocenters. The molecule has 0 aliphatic carbocycles. The van der Waals surface area contributed by atoms with E-state index in [2.05, 4.69) is 21.2 Å². The highest BCUT2D eigenvalue weighted by atomic mass is 79.9. The Hall–Kier alpha value is -3.42. The number of carbonyl (C=O) groups excluding carboxylic acids is 1. The predicted octanol–water partition coefficient (Wildman–Crippen LogP) is 5.55. The summed E-state index contributed by atoms with van der Waals surface area (Å²) in [5.74, 6) is -0.419. The fourth-order valence-electron chi connectivity index (χ4n) is 3.65. The minimum atomic E-state index is -3.98. The van der Waals surface area contributed by atoms with E-state index < -0.39 is 22.0 Å². The van der Waals surface area contributed by atoms with Crippen LogP contribution >= 0.6 is 15.9 Å². The first-order chi connectivity index (χ1) is 16.4. The van der Waals surface area contributed by atoms with Crippen LogP contribution in [0.15, 0.2) is 125 Å². The summed E-state index contributed by atoms with van der Waals surface area (Å²) in [4.78, 5) is 13.4. The molecule has 172 valence electrons. The Morgan fingerprint density at radius 2 is 1.29 bits per heavy atom. The van der Waals surface area contributed by atoms with Gasteiger partial charge in [-0.1, -0.05) is 101 Å². The SMILES string of the molecule is O=C(CN(c1cccc(Br)c1)S(=O)(=O)c1ccccc1)NC(c1ccccc1)c1ccccc1. The molecule has 1 amide bonds. The van der Waals surface area contributed by atoms with E-state index in [0.717, 1.165) is 15.4 Å². The van der Waals surface area contributed by atoms with Gasteiger partial charge in [0, 0.05) is 4.47 Å². The molecule has 0 radical (unpaired) electrons. The number of halogens is 1. The average molecular weight is 535 g/mol. The van der Waals surface area contributed by atoms with Crippen LogP contribution in [0.2, 0.25) is 0 Å². The Kier molecular flexibility index (Phi) is 7.45. The van der Waals surface area contributed by atoms with E-state index in [4.69, 9.17) is 0 Å². The number of anilines is 1. The fourth-order valence-corrected chi connectivity index (χ4v) is 5.47. The number of nitrogens with one attached hydrogen (secondary N) is 1. The molecular weight excluding hydrogens is 512 g/mol. The molecule has 1 N–H and O–H groups in total. The molecule has 4 aromatic carbocycles. The van der Waals surface area contributed by atoms with E-state index in [0.29, 0.717) is 10.2 Å². The number of carbonyl (C=O) groups is 1. The second-order valence-electron chi connectivity index (χ2n) is 7.63. The molecule has 0 bridgehead atoms. The average Bonchev–Trinajstić information content (AvgIpc) is 2.87. The van der Waals surface area contributed by atoms with E-state index in [1.807, 2.05) is 60.7 Å². The van der Waals surface area contributed by atoms with Crippen LogP contribution in [-0.2, 0) is 14.8 Å². The van der Waals surface area contributed by atoms with Gasteiger partial charge < -0.3 is 5.32 Å². The molecule has 0 fully saturated rings. The zero-order valence-electron chi connectivity index (χ0n) is 18.2. The first-order valence-corrected chi connectivity index (χ1v) is 12.9. The van der Waals surface area contributed by atoms with Crippen LogP contribution in [0.4, 0.5) is 5.69 Å². The molecule has 0 spiro atoms. The van der Waals surface area contributed by atoms with Crippen LogP contribution in [0.5, 0.6) is 0 Å². The zero-order chi connectivity index (χ0) is 24.0. The highest BCUT2D eigenvalue weighted by molar-refractivity contribution is 9.10. The van der Waals surface area contributed by atoms with Gasteiger partial charge in [0.2, 0.25) is 5.91 Å². The summed E-state index contributed by atoms with van der Waals surface area (Å²) >= 11 is 3.40. The van der Waals surface area contributed by atoms with Crippen LogP contribution in [0.1, 0.15) is 17.2 Å². The van der Waals surface area contributed by atoms with Gasteiger partial charge in [-0.3, -0.25) is 9.10 Å². The van der Waals surface area contributed by atoms with Crippen molar-refractivity contribution in [1.82, 2.24) is 5.32 Å². The van der Waals surface area contributed by atoms with Gasteiger partial charge >= 0.3 is 0 Å². The van der Waals surface area contributed by atoms with Gasteiger partial charge in [-0.15, -0.1) is 0 Å². The van der Waals surface area contributed by atoms with Crippen molar-refractivity contribution < 1.29 is 13.2 Å². The third-order valence-corrected chi connectivity index (χ3v) is 7.57. The molecule has 4 rings (SSSR count). The normalized spacial score (nSPS) is 11.2. The minimum Gasteiger partial charge on any atom is -0.344 e. The Morgan fingerprint density at radius 3 is 1.82 bits per heavy atom. The number of hydrogen-bond donors (Lipinski definition) is 1. The summed E-state index contributed by atoms with van der Waals surface area (Å²) in [6.07, 6.45) is 0. The van der Waals surface area contributed by atoms with Gasteiger partial charge in [-0.05, 0) is 41.5 Å². The van der Waals surface area contributed by atoms with Crippen LogP contribution in [0.3, 0.4) is 0 Å². The first-order valence-electron chi connectivity index (χ1n) is 10.7. The summed E-state index contributed by atoms with van der Waals surface area (Å²) in [5, 5.41) is 3.03. The molecule has 0 saturated carbocycles. The standard InChI is InChI=1S/C27H23BrN2O3S/c28-23-15-10-16-24(19-23)30(34(32,33)25-17-8-3-9-18-25)20-26(31)29-27(21-11-4-1-5-12-21)22-13-6-2-7-14-22/h1-19,27H,20H2,(H,29,31). The molecular formula is C27H23BrN2O3S. The second-order valence-corrected chi connectivity index (χ2v) is 10.4.